The Morgan fingerprint density at radius 2 is 1.66 bits per heavy atom. The lowest BCUT2D eigenvalue weighted by Crippen LogP contribution is -2.15. The van der Waals surface area contributed by atoms with Gasteiger partial charge in [-0.25, -0.2) is 13.2 Å². The van der Waals surface area contributed by atoms with E-state index in [0.717, 1.165) is 6.08 Å². The van der Waals surface area contributed by atoms with Crippen molar-refractivity contribution < 1.29 is 32.2 Å². The standard InChI is InChI=1S/C20H21NO7S/c1-13(22)15-6-8-16(9-7-15)21-29(24,25)18-12-14(5-10-19(23)27-3)11-17(26-2)20(18)28-4/h5-12,21H,1-4H3/b10-5-. The Morgan fingerprint density at radius 3 is 2.17 bits per heavy atom. The largest absolute Gasteiger partial charge is 0.493 e. The smallest absolute Gasteiger partial charge is 0.330 e. The number of ketones is 1. The molecule has 0 heterocycles. The molecule has 0 saturated carbocycles. The number of anilines is 1. The molecule has 2 rings (SSSR count). The number of hydrogen-bond donors (Lipinski definition) is 1. The third-order valence-corrected chi connectivity index (χ3v) is 5.30. The number of carbonyl (C=O) groups excluding carboxylic acids is 2. The van der Waals surface area contributed by atoms with Crippen molar-refractivity contribution >= 4 is 33.5 Å². The molecule has 154 valence electrons. The van der Waals surface area contributed by atoms with Crippen molar-refractivity contribution in [3.63, 3.8) is 0 Å². The lowest BCUT2D eigenvalue weighted by Gasteiger charge is -2.15. The lowest BCUT2D eigenvalue weighted by molar-refractivity contribution is -0.134. The van der Waals surface area contributed by atoms with Gasteiger partial charge in [0.25, 0.3) is 10.0 Å². The van der Waals surface area contributed by atoms with Gasteiger partial charge in [0.15, 0.2) is 17.3 Å². The fourth-order valence-corrected chi connectivity index (χ4v) is 3.74. The van der Waals surface area contributed by atoms with Crippen molar-refractivity contribution in [1.29, 1.82) is 0 Å². The van der Waals surface area contributed by atoms with Gasteiger partial charge in [0.05, 0.1) is 21.3 Å². The molecule has 29 heavy (non-hydrogen) atoms. The summed E-state index contributed by atoms with van der Waals surface area (Å²) >= 11 is 0. The zero-order valence-electron chi connectivity index (χ0n) is 16.4. The number of hydrogen-bond acceptors (Lipinski definition) is 7. The fraction of sp³-hybridized carbons (Fsp3) is 0.200. The predicted octanol–water partition coefficient (Wildman–Crippen LogP) is 2.89. The molecular weight excluding hydrogens is 398 g/mol. The third kappa shape index (κ3) is 5.35. The van der Waals surface area contributed by atoms with E-state index in [9.17, 15) is 18.0 Å². The van der Waals surface area contributed by atoms with E-state index >= 15 is 0 Å². The summed E-state index contributed by atoms with van der Waals surface area (Å²) in [5, 5.41) is 0. The van der Waals surface area contributed by atoms with Gasteiger partial charge in [0.1, 0.15) is 4.90 Å². The Balaban J connectivity index is 2.49. The van der Waals surface area contributed by atoms with Gasteiger partial charge in [-0.2, -0.15) is 0 Å². The molecule has 0 radical (unpaired) electrons. The summed E-state index contributed by atoms with van der Waals surface area (Å²) in [6.07, 6.45) is 2.56. The normalized spacial score (nSPS) is 11.2. The molecule has 0 fully saturated rings. The molecule has 0 aliphatic carbocycles. The van der Waals surface area contributed by atoms with Gasteiger partial charge in [-0.05, 0) is 55.0 Å². The summed E-state index contributed by atoms with van der Waals surface area (Å²) in [6.45, 7) is 1.42. The second kappa shape index (κ2) is 9.24. The molecule has 0 atom stereocenters. The molecule has 1 N–H and O–H groups in total. The Labute approximate surface area is 169 Å². The first kappa shape index (κ1) is 22.0. The Kier molecular flexibility index (Phi) is 7.00. The summed E-state index contributed by atoms with van der Waals surface area (Å²) in [6, 6.07) is 8.88. The van der Waals surface area contributed by atoms with Crippen molar-refractivity contribution in [2.24, 2.45) is 0 Å². The molecule has 0 aliphatic heterocycles. The molecule has 0 unspecified atom stereocenters. The van der Waals surface area contributed by atoms with Crippen LogP contribution in [0.4, 0.5) is 5.69 Å². The van der Waals surface area contributed by atoms with Crippen LogP contribution in [0, 0.1) is 0 Å². The van der Waals surface area contributed by atoms with E-state index in [0.29, 0.717) is 11.1 Å². The maximum atomic E-state index is 13.0. The van der Waals surface area contributed by atoms with E-state index in [1.54, 1.807) is 0 Å². The second-order valence-electron chi connectivity index (χ2n) is 5.85. The zero-order valence-corrected chi connectivity index (χ0v) is 17.2. The molecule has 9 heteroatoms. The van der Waals surface area contributed by atoms with Crippen molar-refractivity contribution in [2.75, 3.05) is 26.1 Å². The molecule has 0 bridgehead atoms. The quantitative estimate of drug-likeness (QED) is 0.398. The van der Waals surface area contributed by atoms with Crippen molar-refractivity contribution in [2.45, 2.75) is 11.8 Å². The average molecular weight is 419 g/mol. The van der Waals surface area contributed by atoms with Crippen LogP contribution in [0.1, 0.15) is 22.8 Å². The maximum Gasteiger partial charge on any atom is 0.330 e. The molecule has 2 aromatic rings. The fourth-order valence-electron chi connectivity index (χ4n) is 2.46. The highest BCUT2D eigenvalue weighted by molar-refractivity contribution is 7.92. The lowest BCUT2D eigenvalue weighted by atomic mass is 10.1. The van der Waals surface area contributed by atoms with E-state index in [1.165, 1.54) is 70.7 Å². The van der Waals surface area contributed by atoms with E-state index < -0.39 is 16.0 Å². The van der Waals surface area contributed by atoms with Gasteiger partial charge in [0.2, 0.25) is 0 Å². The molecular formula is C20H21NO7S. The molecule has 0 spiro atoms. The third-order valence-electron chi connectivity index (χ3n) is 3.91. The highest BCUT2D eigenvalue weighted by Crippen LogP contribution is 2.37. The molecule has 0 amide bonds. The van der Waals surface area contributed by atoms with E-state index in [-0.39, 0.29) is 27.9 Å². The molecule has 8 nitrogen and oxygen atoms in total. The monoisotopic (exact) mass is 419 g/mol. The minimum absolute atomic E-state index is 0.00979. The van der Waals surface area contributed by atoms with Crippen LogP contribution in [0.3, 0.4) is 0 Å². The molecule has 0 saturated heterocycles. The van der Waals surface area contributed by atoms with Crippen LogP contribution in [-0.4, -0.2) is 41.5 Å². The van der Waals surface area contributed by atoms with Crippen LogP contribution in [0.25, 0.3) is 6.08 Å². The number of Topliss-reactive ketones (excluding diaryl/α,β-unsaturated/α-hetero) is 1. The van der Waals surface area contributed by atoms with Gasteiger partial charge in [-0.15, -0.1) is 0 Å². The van der Waals surface area contributed by atoms with E-state index in [1.807, 2.05) is 0 Å². The Bertz CT molecular complexity index is 1040. The predicted molar refractivity (Wildman–Crippen MR) is 108 cm³/mol. The first-order chi connectivity index (χ1) is 13.7. The van der Waals surface area contributed by atoms with Gasteiger partial charge < -0.3 is 14.2 Å². The average Bonchev–Trinajstić information content (AvgIpc) is 2.71. The Morgan fingerprint density at radius 1 is 1.00 bits per heavy atom. The number of methoxy groups -OCH3 is 3. The van der Waals surface area contributed by atoms with Crippen LogP contribution >= 0.6 is 0 Å². The number of nitrogens with one attached hydrogen (secondary N) is 1. The minimum atomic E-state index is -4.08. The number of esters is 1. The van der Waals surface area contributed by atoms with Crippen molar-refractivity contribution in [1.82, 2.24) is 0 Å². The van der Waals surface area contributed by atoms with Crippen molar-refractivity contribution in [3.8, 4) is 11.5 Å². The van der Waals surface area contributed by atoms with Crippen LogP contribution in [-0.2, 0) is 19.6 Å². The van der Waals surface area contributed by atoms with Crippen LogP contribution in [0.5, 0.6) is 11.5 Å². The highest BCUT2D eigenvalue weighted by atomic mass is 32.2. The van der Waals surface area contributed by atoms with Crippen molar-refractivity contribution in [3.05, 3.63) is 53.6 Å². The maximum absolute atomic E-state index is 13.0. The van der Waals surface area contributed by atoms with Gasteiger partial charge in [0, 0.05) is 17.3 Å². The van der Waals surface area contributed by atoms with E-state index in [4.69, 9.17) is 9.47 Å². The van der Waals surface area contributed by atoms with Crippen LogP contribution in [0.15, 0.2) is 47.4 Å². The molecule has 0 aromatic heterocycles. The Hall–Kier alpha value is -3.33. The van der Waals surface area contributed by atoms with Crippen LogP contribution in [0.2, 0.25) is 0 Å². The van der Waals surface area contributed by atoms with Gasteiger partial charge in [-0.1, -0.05) is 0 Å². The highest BCUT2D eigenvalue weighted by Gasteiger charge is 2.24. The number of carbonyl (C=O) groups is 2. The summed E-state index contributed by atoms with van der Waals surface area (Å²) in [5.41, 5.74) is 1.12. The minimum Gasteiger partial charge on any atom is -0.493 e. The first-order valence-corrected chi connectivity index (χ1v) is 9.86. The van der Waals surface area contributed by atoms with Gasteiger partial charge in [-0.3, -0.25) is 9.52 Å². The SMILES string of the molecule is COC(=O)/C=C\c1cc(OC)c(OC)c(S(=O)(=O)Nc2ccc(C(C)=O)cc2)c1. The summed E-state index contributed by atoms with van der Waals surface area (Å²) in [5.74, 6) is -0.536. The number of benzene rings is 2. The first-order valence-electron chi connectivity index (χ1n) is 8.37. The summed E-state index contributed by atoms with van der Waals surface area (Å²) < 4.78 is 43.4. The summed E-state index contributed by atoms with van der Waals surface area (Å²) in [7, 11) is -0.151. The zero-order chi connectivity index (χ0) is 21.6. The second-order valence-corrected chi connectivity index (χ2v) is 7.50. The molecule has 2 aromatic carbocycles. The molecule has 0 aliphatic rings. The van der Waals surface area contributed by atoms with Gasteiger partial charge >= 0.3 is 5.97 Å². The van der Waals surface area contributed by atoms with Crippen LogP contribution < -0.4 is 14.2 Å². The topological polar surface area (TPSA) is 108 Å². The number of sulfonamides is 1. The number of ether oxygens (including phenoxy) is 3. The van der Waals surface area contributed by atoms with E-state index in [2.05, 4.69) is 9.46 Å². The summed E-state index contributed by atoms with van der Waals surface area (Å²) in [4.78, 5) is 22.5. The number of rotatable bonds is 8.